The van der Waals surface area contributed by atoms with Gasteiger partial charge >= 0.3 is 0 Å². The Labute approximate surface area is 102 Å². The molecule has 0 aromatic heterocycles. The summed E-state index contributed by atoms with van der Waals surface area (Å²) in [7, 11) is 1.52. The van der Waals surface area contributed by atoms with Crippen LogP contribution in [0.15, 0.2) is 18.2 Å². The van der Waals surface area contributed by atoms with E-state index in [4.69, 9.17) is 4.74 Å². The van der Waals surface area contributed by atoms with Gasteiger partial charge in [0.2, 0.25) is 0 Å². The van der Waals surface area contributed by atoms with Crippen molar-refractivity contribution in [1.82, 2.24) is 0 Å². The molecule has 0 saturated carbocycles. The van der Waals surface area contributed by atoms with Crippen LogP contribution in [0.5, 0.6) is 5.75 Å². The molecule has 0 fully saturated rings. The molecule has 0 radical (unpaired) electrons. The van der Waals surface area contributed by atoms with Crippen molar-refractivity contribution < 1.29 is 13.5 Å². The third kappa shape index (κ3) is 2.59. The first kappa shape index (κ1) is 13.9. The maximum absolute atomic E-state index is 13.5. The van der Waals surface area contributed by atoms with Gasteiger partial charge in [0.15, 0.2) is 0 Å². The van der Waals surface area contributed by atoms with Crippen molar-refractivity contribution in [1.29, 1.82) is 0 Å². The second-order valence-corrected chi connectivity index (χ2v) is 4.02. The number of fused-ring (bicyclic) bond motifs is 1. The second kappa shape index (κ2) is 5.48. The van der Waals surface area contributed by atoms with Crippen LogP contribution in [0.4, 0.5) is 8.78 Å². The van der Waals surface area contributed by atoms with Gasteiger partial charge in [0.05, 0.1) is 7.11 Å². The van der Waals surface area contributed by atoms with Crippen LogP contribution in [0.1, 0.15) is 44.2 Å². The summed E-state index contributed by atoms with van der Waals surface area (Å²) in [5.41, 5.74) is 1.67. The summed E-state index contributed by atoms with van der Waals surface area (Å²) in [6, 6.07) is 5.51. The average Bonchev–Trinajstić information content (AvgIpc) is 2.36. The van der Waals surface area contributed by atoms with Gasteiger partial charge in [-0.1, -0.05) is 32.9 Å². The van der Waals surface area contributed by atoms with Gasteiger partial charge in [-0.3, -0.25) is 0 Å². The lowest BCUT2D eigenvalue weighted by atomic mass is 9.80. The minimum Gasteiger partial charge on any atom is -0.496 e. The van der Waals surface area contributed by atoms with Crippen LogP contribution in [0.2, 0.25) is 0 Å². The van der Waals surface area contributed by atoms with Crippen molar-refractivity contribution in [2.45, 2.75) is 45.5 Å². The largest absolute Gasteiger partial charge is 0.496 e. The Morgan fingerprint density at radius 3 is 2.53 bits per heavy atom. The Kier molecular flexibility index (Phi) is 4.49. The van der Waals surface area contributed by atoms with Gasteiger partial charge in [-0.05, 0) is 18.1 Å². The number of halogens is 2. The molecule has 1 nitrogen and oxygen atoms in total. The molecule has 0 bridgehead atoms. The van der Waals surface area contributed by atoms with Crippen molar-refractivity contribution in [2.75, 3.05) is 7.11 Å². The summed E-state index contributed by atoms with van der Waals surface area (Å²) in [5.74, 6) is -2.78. The average molecular weight is 242 g/mol. The van der Waals surface area contributed by atoms with Gasteiger partial charge < -0.3 is 4.74 Å². The number of alkyl halides is 2. The Morgan fingerprint density at radius 1 is 1.29 bits per heavy atom. The molecule has 0 spiro atoms. The van der Waals surface area contributed by atoms with E-state index in [1.807, 2.05) is 26.0 Å². The van der Waals surface area contributed by atoms with E-state index in [0.717, 1.165) is 5.56 Å². The van der Waals surface area contributed by atoms with Crippen LogP contribution in [0.3, 0.4) is 0 Å². The first-order valence-electron chi connectivity index (χ1n) is 6.10. The van der Waals surface area contributed by atoms with E-state index in [2.05, 4.69) is 0 Å². The smallest absolute Gasteiger partial charge is 0.255 e. The lowest BCUT2D eigenvalue weighted by Gasteiger charge is -2.32. The van der Waals surface area contributed by atoms with Gasteiger partial charge in [0, 0.05) is 17.9 Å². The molecular weight excluding hydrogens is 222 g/mol. The Bertz CT molecular complexity index is 360. The molecule has 0 heterocycles. The summed E-state index contributed by atoms with van der Waals surface area (Å²) in [6.07, 6.45) is 0.373. The number of hydrogen-bond donors (Lipinski definition) is 0. The predicted molar refractivity (Wildman–Crippen MR) is 66.0 cm³/mol. The number of ether oxygens (including phenoxy) is 1. The predicted octanol–water partition coefficient (Wildman–Crippen LogP) is 4.41. The van der Waals surface area contributed by atoms with Gasteiger partial charge in [0.25, 0.3) is 5.92 Å². The summed E-state index contributed by atoms with van der Waals surface area (Å²) in [4.78, 5) is 0. The number of rotatable bonds is 1. The Hall–Kier alpha value is -1.12. The first-order chi connectivity index (χ1) is 8.06. The standard InChI is InChI=1S/C12H14F2O.C2H6/c1-8-11-9(6-7-12(8,13)14)4-3-5-10(11)15-2;1-2/h3-5,8H,6-7H2,1-2H3;1-2H3. The van der Waals surface area contributed by atoms with E-state index >= 15 is 0 Å². The van der Waals surface area contributed by atoms with E-state index < -0.39 is 11.8 Å². The number of methoxy groups -OCH3 is 1. The maximum atomic E-state index is 13.5. The number of aryl methyl sites for hydroxylation is 1. The number of benzene rings is 1. The Balaban J connectivity index is 0.000000686. The summed E-state index contributed by atoms with van der Waals surface area (Å²) in [6.45, 7) is 5.57. The topological polar surface area (TPSA) is 9.23 Å². The lowest BCUT2D eigenvalue weighted by molar-refractivity contribution is -0.0367. The zero-order valence-electron chi connectivity index (χ0n) is 10.9. The third-order valence-electron chi connectivity index (χ3n) is 3.17. The van der Waals surface area contributed by atoms with Crippen molar-refractivity contribution in [3.05, 3.63) is 29.3 Å². The van der Waals surface area contributed by atoms with Crippen molar-refractivity contribution in [3.8, 4) is 5.75 Å². The monoisotopic (exact) mass is 242 g/mol. The minimum absolute atomic E-state index is 0.0612. The van der Waals surface area contributed by atoms with Gasteiger partial charge in [-0.2, -0.15) is 0 Å². The molecule has 2 rings (SSSR count). The van der Waals surface area contributed by atoms with Crippen molar-refractivity contribution in [3.63, 3.8) is 0 Å². The van der Waals surface area contributed by atoms with E-state index in [1.54, 1.807) is 13.0 Å². The Morgan fingerprint density at radius 2 is 1.94 bits per heavy atom. The second-order valence-electron chi connectivity index (χ2n) is 4.02. The molecule has 1 aliphatic rings. The normalized spacial score (nSPS) is 20.9. The van der Waals surface area contributed by atoms with Crippen molar-refractivity contribution >= 4 is 0 Å². The third-order valence-corrected chi connectivity index (χ3v) is 3.17. The fourth-order valence-corrected chi connectivity index (χ4v) is 2.21. The molecule has 1 atom stereocenters. The quantitative estimate of drug-likeness (QED) is 0.709. The molecule has 17 heavy (non-hydrogen) atoms. The zero-order valence-corrected chi connectivity index (χ0v) is 10.9. The molecule has 1 unspecified atom stereocenters. The van der Waals surface area contributed by atoms with E-state index in [9.17, 15) is 8.78 Å². The highest BCUT2D eigenvalue weighted by atomic mass is 19.3. The maximum Gasteiger partial charge on any atom is 0.255 e. The summed E-state index contributed by atoms with van der Waals surface area (Å²) >= 11 is 0. The lowest BCUT2D eigenvalue weighted by Crippen LogP contribution is -2.30. The van der Waals surface area contributed by atoms with Crippen LogP contribution >= 0.6 is 0 Å². The van der Waals surface area contributed by atoms with E-state index in [0.29, 0.717) is 17.7 Å². The highest BCUT2D eigenvalue weighted by Gasteiger charge is 2.42. The molecule has 0 amide bonds. The fourth-order valence-electron chi connectivity index (χ4n) is 2.21. The molecule has 1 aliphatic carbocycles. The molecule has 1 aromatic carbocycles. The van der Waals surface area contributed by atoms with E-state index in [1.165, 1.54) is 7.11 Å². The molecular formula is C14H20F2O. The molecule has 0 saturated heterocycles. The minimum atomic E-state index is -2.61. The summed E-state index contributed by atoms with van der Waals surface area (Å²) in [5, 5.41) is 0. The highest BCUT2D eigenvalue weighted by Crippen LogP contribution is 2.46. The molecule has 0 aliphatic heterocycles. The molecule has 3 heteroatoms. The fraction of sp³-hybridized carbons (Fsp3) is 0.571. The number of hydrogen-bond acceptors (Lipinski definition) is 1. The van der Waals surface area contributed by atoms with Crippen LogP contribution in [-0.4, -0.2) is 13.0 Å². The first-order valence-corrected chi connectivity index (χ1v) is 6.10. The van der Waals surface area contributed by atoms with E-state index in [-0.39, 0.29) is 6.42 Å². The molecule has 1 aromatic rings. The van der Waals surface area contributed by atoms with Crippen molar-refractivity contribution in [2.24, 2.45) is 0 Å². The summed E-state index contributed by atoms with van der Waals surface area (Å²) < 4.78 is 32.2. The van der Waals surface area contributed by atoms with Gasteiger partial charge in [-0.15, -0.1) is 0 Å². The van der Waals surface area contributed by atoms with Crippen LogP contribution in [0, 0.1) is 0 Å². The highest BCUT2D eigenvalue weighted by molar-refractivity contribution is 5.45. The SMILES string of the molecule is CC.COc1cccc2c1C(C)C(F)(F)CC2. The van der Waals surface area contributed by atoms with Crippen LogP contribution in [0.25, 0.3) is 0 Å². The molecule has 0 N–H and O–H groups in total. The zero-order chi connectivity index (χ0) is 13.1. The van der Waals surface area contributed by atoms with Gasteiger partial charge in [0.1, 0.15) is 5.75 Å². The van der Waals surface area contributed by atoms with Crippen LogP contribution in [-0.2, 0) is 6.42 Å². The van der Waals surface area contributed by atoms with Gasteiger partial charge in [-0.25, -0.2) is 8.78 Å². The van der Waals surface area contributed by atoms with Crippen LogP contribution < -0.4 is 4.74 Å². The molecule has 96 valence electrons.